The summed E-state index contributed by atoms with van der Waals surface area (Å²) < 4.78 is 5.09. The SMILES string of the molecule is CN=C(NCCCCCOC)NC1CCN(Cc2ccccc2)C(C)C1. The third-order valence-electron chi connectivity index (χ3n) is 5.12. The molecule has 1 heterocycles. The highest BCUT2D eigenvalue weighted by atomic mass is 16.5. The molecule has 0 radical (unpaired) electrons. The van der Waals surface area contributed by atoms with Crippen molar-refractivity contribution in [2.45, 2.75) is 57.7 Å². The van der Waals surface area contributed by atoms with Crippen molar-refractivity contribution < 1.29 is 4.74 Å². The van der Waals surface area contributed by atoms with Gasteiger partial charge in [0.15, 0.2) is 5.96 Å². The molecule has 2 unspecified atom stereocenters. The number of guanidine groups is 1. The lowest BCUT2D eigenvalue weighted by molar-refractivity contribution is 0.134. The van der Waals surface area contributed by atoms with Crippen LogP contribution in [0.4, 0.5) is 0 Å². The summed E-state index contributed by atoms with van der Waals surface area (Å²) in [6.45, 7) is 6.33. The first-order valence-electron chi connectivity index (χ1n) is 9.97. The van der Waals surface area contributed by atoms with Gasteiger partial charge in [0, 0.05) is 52.5 Å². The Labute approximate surface area is 159 Å². The Morgan fingerprint density at radius 2 is 2.04 bits per heavy atom. The zero-order valence-electron chi connectivity index (χ0n) is 16.7. The maximum Gasteiger partial charge on any atom is 0.191 e. The van der Waals surface area contributed by atoms with Crippen LogP contribution in [0.2, 0.25) is 0 Å². The summed E-state index contributed by atoms with van der Waals surface area (Å²) in [4.78, 5) is 6.97. The van der Waals surface area contributed by atoms with E-state index in [2.05, 4.69) is 57.8 Å². The third kappa shape index (κ3) is 7.34. The fourth-order valence-corrected chi connectivity index (χ4v) is 3.55. The van der Waals surface area contributed by atoms with E-state index in [1.165, 1.54) is 12.0 Å². The normalized spacial score (nSPS) is 21.6. The molecular formula is C21H36N4O. The molecule has 1 saturated heterocycles. The average molecular weight is 361 g/mol. The average Bonchev–Trinajstić information content (AvgIpc) is 2.66. The van der Waals surface area contributed by atoms with E-state index in [4.69, 9.17) is 4.74 Å². The van der Waals surface area contributed by atoms with E-state index in [0.29, 0.717) is 12.1 Å². The Kier molecular flexibility index (Phi) is 9.50. The van der Waals surface area contributed by atoms with Gasteiger partial charge in [0.25, 0.3) is 0 Å². The number of hydrogen-bond donors (Lipinski definition) is 2. The Hall–Kier alpha value is -1.59. The maximum atomic E-state index is 5.09. The lowest BCUT2D eigenvalue weighted by atomic mass is 9.97. The molecule has 0 aliphatic carbocycles. The summed E-state index contributed by atoms with van der Waals surface area (Å²) >= 11 is 0. The molecule has 2 rings (SSSR count). The molecule has 1 aliphatic rings. The van der Waals surface area contributed by atoms with Gasteiger partial charge >= 0.3 is 0 Å². The zero-order chi connectivity index (χ0) is 18.6. The molecule has 146 valence electrons. The quantitative estimate of drug-likeness (QED) is 0.404. The minimum absolute atomic E-state index is 0.497. The Balaban J connectivity index is 1.68. The second-order valence-electron chi connectivity index (χ2n) is 7.22. The Morgan fingerprint density at radius 3 is 2.73 bits per heavy atom. The molecule has 5 heteroatoms. The summed E-state index contributed by atoms with van der Waals surface area (Å²) in [5, 5.41) is 7.05. The molecule has 2 N–H and O–H groups in total. The molecule has 0 amide bonds. The Morgan fingerprint density at radius 1 is 1.23 bits per heavy atom. The summed E-state index contributed by atoms with van der Waals surface area (Å²) in [6, 6.07) is 11.8. The molecule has 1 aromatic rings. The summed E-state index contributed by atoms with van der Waals surface area (Å²) in [7, 11) is 3.62. The number of likely N-dealkylation sites (tertiary alicyclic amines) is 1. The molecule has 0 aromatic heterocycles. The fourth-order valence-electron chi connectivity index (χ4n) is 3.55. The highest BCUT2D eigenvalue weighted by Gasteiger charge is 2.25. The van der Waals surface area contributed by atoms with Gasteiger partial charge in [0.1, 0.15) is 0 Å². The largest absolute Gasteiger partial charge is 0.385 e. The number of rotatable bonds is 9. The first kappa shape index (κ1) is 20.7. The smallest absolute Gasteiger partial charge is 0.191 e. The molecular weight excluding hydrogens is 324 g/mol. The number of aliphatic imine (C=N–C) groups is 1. The molecule has 1 aliphatic heterocycles. The number of nitrogens with one attached hydrogen (secondary N) is 2. The minimum Gasteiger partial charge on any atom is -0.385 e. The van der Waals surface area contributed by atoms with Gasteiger partial charge in [-0.3, -0.25) is 9.89 Å². The number of unbranched alkanes of at least 4 members (excludes halogenated alkanes) is 2. The number of methoxy groups -OCH3 is 1. The highest BCUT2D eigenvalue weighted by molar-refractivity contribution is 5.79. The molecule has 5 nitrogen and oxygen atoms in total. The van der Waals surface area contributed by atoms with Gasteiger partial charge in [0.05, 0.1) is 0 Å². The second-order valence-corrected chi connectivity index (χ2v) is 7.22. The van der Waals surface area contributed by atoms with Crippen molar-refractivity contribution in [3.8, 4) is 0 Å². The lowest BCUT2D eigenvalue weighted by Gasteiger charge is -2.38. The van der Waals surface area contributed by atoms with E-state index in [1.54, 1.807) is 7.11 Å². The predicted molar refractivity (Wildman–Crippen MR) is 110 cm³/mol. The molecule has 1 aromatic carbocycles. The minimum atomic E-state index is 0.497. The van der Waals surface area contributed by atoms with E-state index in [1.807, 2.05) is 7.05 Å². The molecule has 1 fully saturated rings. The van der Waals surface area contributed by atoms with Gasteiger partial charge < -0.3 is 15.4 Å². The van der Waals surface area contributed by atoms with E-state index >= 15 is 0 Å². The van der Waals surface area contributed by atoms with Crippen LogP contribution in [0, 0.1) is 0 Å². The van der Waals surface area contributed by atoms with E-state index in [-0.39, 0.29) is 0 Å². The number of hydrogen-bond acceptors (Lipinski definition) is 3. The summed E-state index contributed by atoms with van der Waals surface area (Å²) in [5.41, 5.74) is 1.40. The first-order chi connectivity index (χ1) is 12.7. The number of nitrogens with zero attached hydrogens (tertiary/aromatic N) is 2. The molecule has 0 saturated carbocycles. The molecule has 0 bridgehead atoms. The maximum absolute atomic E-state index is 5.09. The monoisotopic (exact) mass is 360 g/mol. The number of ether oxygens (including phenoxy) is 1. The van der Waals surface area contributed by atoms with Crippen molar-refractivity contribution in [3.63, 3.8) is 0 Å². The molecule has 26 heavy (non-hydrogen) atoms. The van der Waals surface area contributed by atoms with Crippen LogP contribution in [-0.2, 0) is 11.3 Å². The molecule has 0 spiro atoms. The van der Waals surface area contributed by atoms with Crippen molar-refractivity contribution in [1.82, 2.24) is 15.5 Å². The van der Waals surface area contributed by atoms with Gasteiger partial charge in [-0.25, -0.2) is 0 Å². The van der Waals surface area contributed by atoms with E-state index in [0.717, 1.165) is 57.9 Å². The van der Waals surface area contributed by atoms with Crippen LogP contribution >= 0.6 is 0 Å². The van der Waals surface area contributed by atoms with Crippen molar-refractivity contribution >= 4 is 5.96 Å². The predicted octanol–water partition coefficient (Wildman–Crippen LogP) is 3.02. The van der Waals surface area contributed by atoms with Crippen LogP contribution in [0.1, 0.15) is 44.6 Å². The summed E-state index contributed by atoms with van der Waals surface area (Å²) in [6.07, 6.45) is 5.78. The van der Waals surface area contributed by atoms with Crippen LogP contribution in [0.5, 0.6) is 0 Å². The van der Waals surface area contributed by atoms with Crippen molar-refractivity contribution in [2.75, 3.05) is 33.9 Å². The zero-order valence-corrected chi connectivity index (χ0v) is 16.7. The topological polar surface area (TPSA) is 48.9 Å². The van der Waals surface area contributed by atoms with E-state index < -0.39 is 0 Å². The molecule has 2 atom stereocenters. The second kappa shape index (κ2) is 11.9. The fraction of sp³-hybridized carbons (Fsp3) is 0.667. The van der Waals surface area contributed by atoms with Crippen LogP contribution in [0.25, 0.3) is 0 Å². The van der Waals surface area contributed by atoms with Crippen molar-refractivity contribution in [2.24, 2.45) is 4.99 Å². The van der Waals surface area contributed by atoms with Gasteiger partial charge in [-0.05, 0) is 44.6 Å². The van der Waals surface area contributed by atoms with Gasteiger partial charge in [-0.1, -0.05) is 30.3 Å². The summed E-state index contributed by atoms with van der Waals surface area (Å²) in [5.74, 6) is 0.936. The number of piperidine rings is 1. The first-order valence-corrected chi connectivity index (χ1v) is 9.97. The lowest BCUT2D eigenvalue weighted by Crippen LogP contribution is -2.51. The van der Waals surface area contributed by atoms with Crippen molar-refractivity contribution in [3.05, 3.63) is 35.9 Å². The Bertz CT molecular complexity index is 520. The number of benzene rings is 1. The van der Waals surface area contributed by atoms with Gasteiger partial charge in [0.2, 0.25) is 0 Å². The highest BCUT2D eigenvalue weighted by Crippen LogP contribution is 2.19. The van der Waals surface area contributed by atoms with Crippen molar-refractivity contribution in [1.29, 1.82) is 0 Å². The van der Waals surface area contributed by atoms with Crippen LogP contribution in [-0.4, -0.2) is 56.8 Å². The third-order valence-corrected chi connectivity index (χ3v) is 5.12. The van der Waals surface area contributed by atoms with Gasteiger partial charge in [-0.2, -0.15) is 0 Å². The standard InChI is InChI=1S/C21H36N4O/c1-18-16-20(12-14-25(18)17-19-10-6-4-7-11-19)24-21(22-2)23-13-8-5-9-15-26-3/h4,6-7,10-11,18,20H,5,8-9,12-17H2,1-3H3,(H2,22,23,24). The van der Waals surface area contributed by atoms with Gasteiger partial charge in [-0.15, -0.1) is 0 Å². The van der Waals surface area contributed by atoms with Crippen LogP contribution in [0.3, 0.4) is 0 Å². The van der Waals surface area contributed by atoms with Crippen LogP contribution in [0.15, 0.2) is 35.3 Å². The van der Waals surface area contributed by atoms with E-state index in [9.17, 15) is 0 Å². The van der Waals surface area contributed by atoms with Crippen LogP contribution < -0.4 is 10.6 Å².